The number of hydrogen-bond donors (Lipinski definition) is 0. The minimum atomic E-state index is -0.210. The van der Waals surface area contributed by atoms with Gasteiger partial charge in [-0.25, -0.2) is 4.98 Å². The molecule has 3 aromatic heterocycles. The number of hydrogen-bond acceptors (Lipinski definition) is 7. The molecule has 0 spiro atoms. The smallest absolute Gasteiger partial charge is 0.262 e. The van der Waals surface area contributed by atoms with E-state index in [-0.39, 0.29) is 12.1 Å². The third-order valence-electron chi connectivity index (χ3n) is 4.51. The Labute approximate surface area is 177 Å². The van der Waals surface area contributed by atoms with Gasteiger partial charge in [0.05, 0.1) is 29.0 Å². The summed E-state index contributed by atoms with van der Waals surface area (Å²) in [5.74, 6) is 2.61. The van der Waals surface area contributed by atoms with Crippen LogP contribution in [0.2, 0.25) is 0 Å². The summed E-state index contributed by atoms with van der Waals surface area (Å²) >= 11 is 1.43. The quantitative estimate of drug-likeness (QED) is 0.420. The Morgan fingerprint density at radius 1 is 1.17 bits per heavy atom. The molecule has 152 valence electrons. The van der Waals surface area contributed by atoms with Gasteiger partial charge in [-0.2, -0.15) is 5.26 Å². The molecule has 0 aliphatic carbocycles. The largest absolute Gasteiger partial charge is 0.461 e. The Morgan fingerprint density at radius 2 is 2.00 bits per heavy atom. The summed E-state index contributed by atoms with van der Waals surface area (Å²) in [5, 5.41) is 19.1. The fourth-order valence-electron chi connectivity index (χ4n) is 3.20. The van der Waals surface area contributed by atoms with E-state index in [2.05, 4.69) is 35.1 Å². The molecule has 9 heteroatoms. The van der Waals surface area contributed by atoms with Crippen LogP contribution in [-0.2, 0) is 18.8 Å². The van der Waals surface area contributed by atoms with Gasteiger partial charge in [0.2, 0.25) is 0 Å². The van der Waals surface area contributed by atoms with E-state index in [4.69, 9.17) is 4.42 Å². The molecule has 0 atom stereocenters. The number of benzene rings is 1. The van der Waals surface area contributed by atoms with Crippen LogP contribution in [-0.4, -0.2) is 24.3 Å². The van der Waals surface area contributed by atoms with Crippen molar-refractivity contribution in [3.63, 3.8) is 0 Å². The van der Waals surface area contributed by atoms with Crippen molar-refractivity contribution in [2.45, 2.75) is 37.8 Å². The van der Waals surface area contributed by atoms with Crippen molar-refractivity contribution in [1.82, 2.24) is 24.3 Å². The van der Waals surface area contributed by atoms with Gasteiger partial charge < -0.3 is 4.42 Å². The van der Waals surface area contributed by atoms with E-state index in [9.17, 15) is 10.1 Å². The summed E-state index contributed by atoms with van der Waals surface area (Å²) < 4.78 is 8.94. The average Bonchev–Trinajstić information content (AvgIpc) is 3.38. The van der Waals surface area contributed by atoms with E-state index in [1.54, 1.807) is 24.5 Å². The number of nitriles is 1. The minimum Gasteiger partial charge on any atom is -0.461 e. The van der Waals surface area contributed by atoms with Gasteiger partial charge in [-0.1, -0.05) is 37.7 Å². The first-order valence-electron chi connectivity index (χ1n) is 9.53. The van der Waals surface area contributed by atoms with Gasteiger partial charge in [0, 0.05) is 6.54 Å². The molecule has 0 aliphatic rings. The second kappa shape index (κ2) is 8.55. The van der Waals surface area contributed by atoms with Crippen molar-refractivity contribution < 1.29 is 4.42 Å². The molecule has 0 amide bonds. The van der Waals surface area contributed by atoms with Crippen molar-refractivity contribution >= 4 is 22.7 Å². The normalized spacial score (nSPS) is 11.3. The Hall–Kier alpha value is -3.38. The van der Waals surface area contributed by atoms with Crippen molar-refractivity contribution in [2.75, 3.05) is 0 Å². The van der Waals surface area contributed by atoms with Crippen molar-refractivity contribution in [1.29, 1.82) is 5.26 Å². The third kappa shape index (κ3) is 3.86. The number of nitrogens with zero attached hydrogens (tertiary/aromatic N) is 6. The van der Waals surface area contributed by atoms with Crippen LogP contribution in [0.4, 0.5) is 0 Å². The second-order valence-electron chi connectivity index (χ2n) is 7.17. The molecule has 0 bridgehead atoms. The SMILES string of the molecule is CC(C)Cn1c(SCc2nc3ccccc3c(=O)n2CC#N)nnc1-c1ccco1. The predicted octanol–water partition coefficient (Wildman–Crippen LogP) is 3.72. The Morgan fingerprint density at radius 3 is 2.73 bits per heavy atom. The highest BCUT2D eigenvalue weighted by Crippen LogP contribution is 2.27. The number of aromatic nitrogens is 5. The Kier molecular flexibility index (Phi) is 5.68. The van der Waals surface area contributed by atoms with Crippen LogP contribution in [0.15, 0.2) is 57.0 Å². The first kappa shape index (κ1) is 19.9. The molecule has 4 aromatic rings. The summed E-state index contributed by atoms with van der Waals surface area (Å²) in [6.45, 7) is 4.91. The summed E-state index contributed by atoms with van der Waals surface area (Å²) in [6, 6.07) is 12.9. The molecule has 30 heavy (non-hydrogen) atoms. The zero-order valence-electron chi connectivity index (χ0n) is 16.6. The number of rotatable bonds is 7. The molecule has 0 fully saturated rings. The third-order valence-corrected chi connectivity index (χ3v) is 5.47. The molecule has 0 aliphatic heterocycles. The van der Waals surface area contributed by atoms with E-state index in [0.717, 1.165) is 6.54 Å². The topological polar surface area (TPSA) is 103 Å². The van der Waals surface area contributed by atoms with Crippen LogP contribution in [0.3, 0.4) is 0 Å². The van der Waals surface area contributed by atoms with Gasteiger partial charge in [0.15, 0.2) is 16.7 Å². The van der Waals surface area contributed by atoms with Gasteiger partial charge in [-0.05, 0) is 30.2 Å². The molecule has 0 radical (unpaired) electrons. The molecule has 4 rings (SSSR count). The van der Waals surface area contributed by atoms with E-state index >= 15 is 0 Å². The van der Waals surface area contributed by atoms with Crippen molar-refractivity contribution in [2.24, 2.45) is 5.92 Å². The molecule has 3 heterocycles. The number of thioether (sulfide) groups is 1. The van der Waals surface area contributed by atoms with Gasteiger partial charge in [0.1, 0.15) is 12.4 Å². The van der Waals surface area contributed by atoms with Gasteiger partial charge in [0.25, 0.3) is 5.56 Å². The van der Waals surface area contributed by atoms with Crippen LogP contribution in [0.5, 0.6) is 0 Å². The van der Waals surface area contributed by atoms with Gasteiger partial charge >= 0.3 is 0 Å². The first-order chi connectivity index (χ1) is 14.6. The number of furan rings is 1. The highest BCUT2D eigenvalue weighted by Gasteiger charge is 2.19. The van der Waals surface area contributed by atoms with Crippen molar-refractivity contribution in [3.8, 4) is 17.7 Å². The lowest BCUT2D eigenvalue weighted by Gasteiger charge is -2.13. The van der Waals surface area contributed by atoms with Crippen LogP contribution in [0.1, 0.15) is 19.7 Å². The van der Waals surface area contributed by atoms with E-state index in [1.165, 1.54) is 16.3 Å². The van der Waals surface area contributed by atoms with E-state index in [1.807, 2.05) is 22.8 Å². The predicted molar refractivity (Wildman–Crippen MR) is 114 cm³/mol. The lowest BCUT2D eigenvalue weighted by molar-refractivity contribution is 0.489. The number of fused-ring (bicyclic) bond motifs is 1. The molecule has 8 nitrogen and oxygen atoms in total. The van der Waals surface area contributed by atoms with Gasteiger partial charge in [-0.15, -0.1) is 10.2 Å². The molecule has 1 aromatic carbocycles. The first-order valence-corrected chi connectivity index (χ1v) is 10.5. The average molecular weight is 420 g/mol. The van der Waals surface area contributed by atoms with Crippen LogP contribution in [0.25, 0.3) is 22.5 Å². The monoisotopic (exact) mass is 420 g/mol. The molecule has 0 saturated carbocycles. The molecule has 0 unspecified atom stereocenters. The highest BCUT2D eigenvalue weighted by atomic mass is 32.2. The minimum absolute atomic E-state index is 0.0527. The summed E-state index contributed by atoms with van der Waals surface area (Å²) in [4.78, 5) is 17.5. The fourth-order valence-corrected chi connectivity index (χ4v) is 4.09. The zero-order chi connectivity index (χ0) is 21.1. The summed E-state index contributed by atoms with van der Waals surface area (Å²) in [6.07, 6.45) is 1.61. The Bertz CT molecular complexity index is 1270. The molecule has 0 N–H and O–H groups in total. The van der Waals surface area contributed by atoms with Crippen LogP contribution < -0.4 is 5.56 Å². The maximum absolute atomic E-state index is 12.8. The maximum atomic E-state index is 12.8. The lowest BCUT2D eigenvalue weighted by Crippen LogP contribution is -2.24. The second-order valence-corrected chi connectivity index (χ2v) is 8.11. The molecular weight excluding hydrogens is 400 g/mol. The van der Waals surface area contributed by atoms with Crippen molar-refractivity contribution in [3.05, 3.63) is 58.8 Å². The zero-order valence-corrected chi connectivity index (χ0v) is 17.5. The van der Waals surface area contributed by atoms with Crippen LogP contribution in [0, 0.1) is 17.2 Å². The molecule has 0 saturated heterocycles. The number of para-hydroxylation sites is 1. The van der Waals surface area contributed by atoms with Gasteiger partial charge in [-0.3, -0.25) is 13.9 Å². The standard InChI is InChI=1S/C21H20N6O2S/c1-14(2)12-27-19(17-8-5-11-29-17)24-25-21(27)30-13-18-23-16-7-4-3-6-15(16)20(28)26(18)10-9-22/h3-8,11,14H,10,12-13H2,1-2H3. The Balaban J connectivity index is 1.70. The van der Waals surface area contributed by atoms with E-state index < -0.39 is 0 Å². The summed E-state index contributed by atoms with van der Waals surface area (Å²) in [7, 11) is 0. The van der Waals surface area contributed by atoms with Crippen LogP contribution >= 0.6 is 11.8 Å². The summed E-state index contributed by atoms with van der Waals surface area (Å²) in [5.41, 5.74) is 0.407. The molecular formula is C21H20N6O2S. The fraction of sp³-hybridized carbons (Fsp3) is 0.286. The maximum Gasteiger partial charge on any atom is 0.262 e. The van der Waals surface area contributed by atoms with E-state index in [0.29, 0.717) is 45.1 Å². The highest BCUT2D eigenvalue weighted by molar-refractivity contribution is 7.98. The lowest BCUT2D eigenvalue weighted by atomic mass is 10.2.